The number of H-pyrrole nitrogens is 1. The maximum atomic E-state index is 11.9. The van der Waals surface area contributed by atoms with Gasteiger partial charge in [0.2, 0.25) is 0 Å². The summed E-state index contributed by atoms with van der Waals surface area (Å²) in [5.74, 6) is 0.414. The van der Waals surface area contributed by atoms with Crippen LogP contribution in [-0.4, -0.2) is 22.8 Å². The first-order chi connectivity index (χ1) is 7.96. The summed E-state index contributed by atoms with van der Waals surface area (Å²) < 4.78 is 40.2. The topological polar surface area (TPSA) is 63.9 Å². The molecule has 0 bridgehead atoms. The Hall–Kier alpha value is -1.08. The normalized spacial score (nSPS) is 20.4. The van der Waals surface area contributed by atoms with Gasteiger partial charge in [-0.1, -0.05) is 0 Å². The van der Waals surface area contributed by atoms with E-state index in [1.165, 1.54) is 0 Å². The number of rotatable bonds is 3. The Morgan fingerprint density at radius 2 is 2.24 bits per heavy atom. The number of imidazole rings is 1. The second-order valence-corrected chi connectivity index (χ2v) is 4.15. The predicted octanol–water partition coefficient (Wildman–Crippen LogP) is 1.82. The fraction of sp³-hybridized carbons (Fsp3) is 0.700. The zero-order chi connectivity index (χ0) is 12.5. The van der Waals surface area contributed by atoms with Gasteiger partial charge in [-0.2, -0.15) is 13.2 Å². The number of nitrogens with zero attached hydrogens (tertiary/aromatic N) is 1. The van der Waals surface area contributed by atoms with E-state index in [1.54, 1.807) is 0 Å². The van der Waals surface area contributed by atoms with Gasteiger partial charge >= 0.3 is 6.18 Å². The molecule has 1 aliphatic carbocycles. The molecule has 1 aliphatic rings. The molecule has 0 aliphatic heterocycles. The first kappa shape index (κ1) is 12.4. The van der Waals surface area contributed by atoms with Crippen LogP contribution in [-0.2, 0) is 17.8 Å². The maximum Gasteiger partial charge on any atom is 0.411 e. The quantitative estimate of drug-likeness (QED) is 0.858. The zero-order valence-corrected chi connectivity index (χ0v) is 9.18. The van der Waals surface area contributed by atoms with Crippen LogP contribution in [0, 0.1) is 0 Å². The van der Waals surface area contributed by atoms with Crippen molar-refractivity contribution in [3.8, 4) is 0 Å². The van der Waals surface area contributed by atoms with Gasteiger partial charge in [0.25, 0.3) is 0 Å². The van der Waals surface area contributed by atoms with Crippen LogP contribution in [0.5, 0.6) is 0 Å². The van der Waals surface area contributed by atoms with Gasteiger partial charge in [0.15, 0.2) is 0 Å². The Balaban J connectivity index is 1.94. The van der Waals surface area contributed by atoms with E-state index in [-0.39, 0.29) is 12.6 Å². The van der Waals surface area contributed by atoms with Gasteiger partial charge in [-0.25, -0.2) is 4.98 Å². The van der Waals surface area contributed by atoms with Crippen LogP contribution < -0.4 is 5.73 Å². The molecule has 3 N–H and O–H groups in total. The molecule has 2 rings (SSSR count). The Morgan fingerprint density at radius 3 is 2.88 bits per heavy atom. The van der Waals surface area contributed by atoms with Crippen molar-refractivity contribution >= 4 is 0 Å². The fourth-order valence-electron chi connectivity index (χ4n) is 1.94. The summed E-state index contributed by atoms with van der Waals surface area (Å²) in [5.41, 5.74) is 7.55. The molecular formula is C10H14F3N3O. The SMILES string of the molecule is NC1CCCc2[nH]c(COCC(F)(F)F)nc21. The molecule has 0 fully saturated rings. The molecule has 0 saturated carbocycles. The zero-order valence-electron chi connectivity index (χ0n) is 9.18. The van der Waals surface area contributed by atoms with Crippen LogP contribution in [0.3, 0.4) is 0 Å². The van der Waals surface area contributed by atoms with E-state index >= 15 is 0 Å². The fourth-order valence-corrected chi connectivity index (χ4v) is 1.94. The second-order valence-electron chi connectivity index (χ2n) is 4.15. The van der Waals surface area contributed by atoms with E-state index in [2.05, 4.69) is 14.7 Å². The second kappa shape index (κ2) is 4.66. The lowest BCUT2D eigenvalue weighted by molar-refractivity contribution is -0.177. The van der Waals surface area contributed by atoms with E-state index in [1.807, 2.05) is 0 Å². The third-order valence-corrected chi connectivity index (χ3v) is 2.66. The van der Waals surface area contributed by atoms with E-state index < -0.39 is 12.8 Å². The third-order valence-electron chi connectivity index (χ3n) is 2.66. The number of nitrogens with two attached hydrogens (primary N) is 1. The van der Waals surface area contributed by atoms with Crippen LogP contribution in [0.15, 0.2) is 0 Å². The van der Waals surface area contributed by atoms with Crippen LogP contribution in [0.2, 0.25) is 0 Å². The van der Waals surface area contributed by atoms with Crippen molar-refractivity contribution in [1.82, 2.24) is 9.97 Å². The number of hydrogen-bond donors (Lipinski definition) is 2. The van der Waals surface area contributed by atoms with Crippen LogP contribution in [0.4, 0.5) is 13.2 Å². The largest absolute Gasteiger partial charge is 0.411 e. The molecule has 0 spiro atoms. The van der Waals surface area contributed by atoms with Gasteiger partial charge in [-0.15, -0.1) is 0 Å². The molecule has 1 atom stereocenters. The first-order valence-corrected chi connectivity index (χ1v) is 5.43. The minimum atomic E-state index is -4.30. The monoisotopic (exact) mass is 249 g/mol. The van der Waals surface area contributed by atoms with Crippen molar-refractivity contribution in [3.05, 3.63) is 17.2 Å². The minimum Gasteiger partial charge on any atom is -0.364 e. The number of fused-ring (bicyclic) bond motifs is 1. The lowest BCUT2D eigenvalue weighted by atomic mass is 9.97. The average molecular weight is 249 g/mol. The number of aromatic amines is 1. The van der Waals surface area contributed by atoms with Crippen molar-refractivity contribution in [2.75, 3.05) is 6.61 Å². The highest BCUT2D eigenvalue weighted by molar-refractivity contribution is 5.20. The summed E-state index contributed by atoms with van der Waals surface area (Å²) in [5, 5.41) is 0. The highest BCUT2D eigenvalue weighted by atomic mass is 19.4. The lowest BCUT2D eigenvalue weighted by Gasteiger charge is -2.15. The Morgan fingerprint density at radius 1 is 1.47 bits per heavy atom. The molecule has 7 heteroatoms. The summed E-state index contributed by atoms with van der Waals surface area (Å²) in [6, 6.07) is -0.119. The van der Waals surface area contributed by atoms with Crippen LogP contribution in [0.25, 0.3) is 0 Å². The van der Waals surface area contributed by atoms with E-state index in [9.17, 15) is 13.2 Å². The first-order valence-electron chi connectivity index (χ1n) is 5.43. The van der Waals surface area contributed by atoms with Gasteiger partial charge in [-0.3, -0.25) is 0 Å². The van der Waals surface area contributed by atoms with Crippen molar-refractivity contribution in [2.24, 2.45) is 5.73 Å². The Bertz CT molecular complexity index is 389. The van der Waals surface area contributed by atoms with Crippen molar-refractivity contribution in [3.63, 3.8) is 0 Å². The van der Waals surface area contributed by atoms with Crippen molar-refractivity contribution in [2.45, 2.75) is 38.1 Å². The molecule has 0 aromatic carbocycles. The van der Waals surface area contributed by atoms with Crippen molar-refractivity contribution < 1.29 is 17.9 Å². The predicted molar refractivity (Wildman–Crippen MR) is 54.2 cm³/mol. The molecule has 0 saturated heterocycles. The highest BCUT2D eigenvalue weighted by Gasteiger charge is 2.28. The molecule has 0 amide bonds. The van der Waals surface area contributed by atoms with Gasteiger partial charge in [0.05, 0.1) is 5.69 Å². The summed E-state index contributed by atoms with van der Waals surface area (Å²) >= 11 is 0. The Kier molecular flexibility index (Phi) is 3.39. The number of halogens is 3. The lowest BCUT2D eigenvalue weighted by Crippen LogP contribution is -2.17. The molecule has 1 unspecified atom stereocenters. The van der Waals surface area contributed by atoms with Gasteiger partial charge in [0.1, 0.15) is 19.0 Å². The third kappa shape index (κ3) is 3.19. The van der Waals surface area contributed by atoms with E-state index in [0.717, 1.165) is 30.7 Å². The summed E-state index contributed by atoms with van der Waals surface area (Å²) in [4.78, 5) is 7.15. The summed E-state index contributed by atoms with van der Waals surface area (Å²) in [7, 11) is 0. The average Bonchev–Trinajstić information content (AvgIpc) is 2.60. The van der Waals surface area contributed by atoms with Crippen molar-refractivity contribution in [1.29, 1.82) is 0 Å². The van der Waals surface area contributed by atoms with Gasteiger partial charge < -0.3 is 15.5 Å². The molecule has 96 valence electrons. The van der Waals surface area contributed by atoms with E-state index in [4.69, 9.17) is 5.73 Å². The molecule has 1 aromatic heterocycles. The molecule has 0 radical (unpaired) electrons. The van der Waals surface area contributed by atoms with Crippen LogP contribution in [0.1, 0.15) is 36.1 Å². The van der Waals surface area contributed by atoms with Gasteiger partial charge in [-0.05, 0) is 19.3 Å². The minimum absolute atomic E-state index is 0.119. The highest BCUT2D eigenvalue weighted by Crippen LogP contribution is 2.26. The molecule has 1 heterocycles. The molecular weight excluding hydrogens is 235 g/mol. The maximum absolute atomic E-state index is 11.9. The standard InChI is InChI=1S/C10H14F3N3O/c11-10(12,13)5-17-4-8-15-7-3-1-2-6(14)9(7)16-8/h6H,1-5,14H2,(H,15,16). The molecule has 1 aromatic rings. The number of nitrogens with one attached hydrogen (secondary N) is 1. The van der Waals surface area contributed by atoms with Crippen LogP contribution >= 0.6 is 0 Å². The van der Waals surface area contributed by atoms with E-state index in [0.29, 0.717) is 5.82 Å². The number of hydrogen-bond acceptors (Lipinski definition) is 3. The molecule has 17 heavy (non-hydrogen) atoms. The van der Waals surface area contributed by atoms with Gasteiger partial charge in [0, 0.05) is 11.7 Å². The number of aryl methyl sites for hydroxylation is 1. The number of alkyl halides is 3. The number of ether oxygens (including phenoxy) is 1. The smallest absolute Gasteiger partial charge is 0.364 e. The Labute approximate surface area is 96.4 Å². The summed E-state index contributed by atoms with van der Waals surface area (Å²) in [6.45, 7) is -1.43. The molecule has 4 nitrogen and oxygen atoms in total. The summed E-state index contributed by atoms with van der Waals surface area (Å²) in [6.07, 6.45) is -1.63. The number of aromatic nitrogens is 2.